The lowest BCUT2D eigenvalue weighted by Crippen LogP contribution is -2.49. The molecule has 2 rings (SSSR count). The van der Waals surface area contributed by atoms with Crippen LogP contribution in [0.25, 0.3) is 0 Å². The Balaban J connectivity index is 2.27. The molecule has 0 aromatic rings. The number of hydrogen-bond donors (Lipinski definition) is 0. The number of hydrogen-bond acceptors (Lipinski definition) is 2. The number of fused-ring (bicyclic) bond motifs is 1. The van der Waals surface area contributed by atoms with Crippen molar-refractivity contribution < 1.29 is 4.74 Å². The summed E-state index contributed by atoms with van der Waals surface area (Å²) < 4.78 is 6.14. The van der Waals surface area contributed by atoms with Gasteiger partial charge in [-0.05, 0) is 46.9 Å². The van der Waals surface area contributed by atoms with Crippen LogP contribution in [0, 0.1) is 5.92 Å². The predicted molar refractivity (Wildman–Crippen MR) is 71.8 cm³/mol. The van der Waals surface area contributed by atoms with Crippen LogP contribution in [0.2, 0.25) is 0 Å². The van der Waals surface area contributed by atoms with Gasteiger partial charge in [0.05, 0.1) is 0 Å². The second kappa shape index (κ2) is 4.49. The maximum Gasteiger partial charge on any atom is 0.105 e. The molecule has 1 aliphatic carbocycles. The van der Waals surface area contributed by atoms with Crippen molar-refractivity contribution in [2.45, 2.75) is 52.2 Å². The van der Waals surface area contributed by atoms with E-state index in [1.807, 2.05) is 0 Å². The van der Waals surface area contributed by atoms with Crippen LogP contribution in [-0.2, 0) is 4.74 Å². The Bertz CT molecular complexity index is 354. The molecule has 2 heteroatoms. The molecule has 0 aromatic carbocycles. The molecule has 1 heterocycles. The Kier molecular flexibility index (Phi) is 3.35. The van der Waals surface area contributed by atoms with Crippen molar-refractivity contribution in [3.8, 4) is 0 Å². The van der Waals surface area contributed by atoms with Gasteiger partial charge >= 0.3 is 0 Å². The third-order valence-corrected chi connectivity index (χ3v) is 4.06. The van der Waals surface area contributed by atoms with E-state index in [4.69, 9.17) is 4.74 Å². The minimum Gasteiger partial charge on any atom is -0.492 e. The van der Waals surface area contributed by atoms with Crippen LogP contribution < -0.4 is 0 Å². The average molecular weight is 235 g/mol. The van der Waals surface area contributed by atoms with E-state index in [0.29, 0.717) is 12.0 Å². The number of allylic oxidation sites excluding steroid dienone is 3. The first-order valence-corrected chi connectivity index (χ1v) is 6.69. The lowest BCUT2D eigenvalue weighted by molar-refractivity contribution is -0.0623. The van der Waals surface area contributed by atoms with Gasteiger partial charge in [-0.25, -0.2) is 0 Å². The van der Waals surface area contributed by atoms with Crippen molar-refractivity contribution in [2.24, 2.45) is 5.92 Å². The molecule has 2 unspecified atom stereocenters. The summed E-state index contributed by atoms with van der Waals surface area (Å²) in [6, 6.07) is 0.610. The zero-order valence-electron chi connectivity index (χ0n) is 11.8. The molecule has 1 aliphatic heterocycles. The van der Waals surface area contributed by atoms with Crippen LogP contribution in [0.4, 0.5) is 0 Å². The standard InChI is InChI=1S/C15H25NO/c1-6-16(5)13-10-15(3,4)17-14-8-7-11(2)9-12(13)14/h7-8,12-13H,6,9-10H2,1-5H3. The van der Waals surface area contributed by atoms with Crippen LogP contribution in [0.1, 0.15) is 40.5 Å². The zero-order valence-corrected chi connectivity index (χ0v) is 11.8. The monoisotopic (exact) mass is 235 g/mol. The van der Waals surface area contributed by atoms with Crippen molar-refractivity contribution in [3.05, 3.63) is 23.5 Å². The van der Waals surface area contributed by atoms with Gasteiger partial charge in [0, 0.05) is 18.4 Å². The van der Waals surface area contributed by atoms with E-state index >= 15 is 0 Å². The van der Waals surface area contributed by atoms with Crippen LogP contribution in [-0.4, -0.2) is 30.1 Å². The van der Waals surface area contributed by atoms with Gasteiger partial charge in [0.15, 0.2) is 0 Å². The molecule has 2 aliphatic rings. The van der Waals surface area contributed by atoms with Gasteiger partial charge in [-0.1, -0.05) is 18.6 Å². The molecule has 17 heavy (non-hydrogen) atoms. The highest BCUT2D eigenvalue weighted by atomic mass is 16.5. The smallest absolute Gasteiger partial charge is 0.105 e. The molecule has 96 valence electrons. The van der Waals surface area contributed by atoms with Gasteiger partial charge in [-0.3, -0.25) is 0 Å². The fourth-order valence-electron chi connectivity index (χ4n) is 3.00. The van der Waals surface area contributed by atoms with Gasteiger partial charge in [0.2, 0.25) is 0 Å². The molecule has 0 radical (unpaired) electrons. The summed E-state index contributed by atoms with van der Waals surface area (Å²) in [4.78, 5) is 2.47. The van der Waals surface area contributed by atoms with Gasteiger partial charge in [-0.2, -0.15) is 0 Å². The van der Waals surface area contributed by atoms with Crippen LogP contribution in [0.3, 0.4) is 0 Å². The Morgan fingerprint density at radius 1 is 1.41 bits per heavy atom. The molecule has 2 atom stereocenters. The minimum absolute atomic E-state index is 0.0322. The Morgan fingerprint density at radius 2 is 2.12 bits per heavy atom. The third kappa shape index (κ3) is 2.57. The predicted octanol–water partition coefficient (Wildman–Crippen LogP) is 3.36. The summed E-state index contributed by atoms with van der Waals surface area (Å²) in [7, 11) is 2.23. The maximum absolute atomic E-state index is 6.14. The normalized spacial score (nSPS) is 31.4. The molecule has 0 aromatic heterocycles. The SMILES string of the molecule is CCN(C)C1CC(C)(C)OC2=CC=C(C)CC21. The Morgan fingerprint density at radius 3 is 2.76 bits per heavy atom. The summed E-state index contributed by atoms with van der Waals surface area (Å²) in [6.45, 7) is 9.96. The average Bonchev–Trinajstić information content (AvgIpc) is 2.27. The Labute approximate surface area is 105 Å². The highest BCUT2D eigenvalue weighted by Crippen LogP contribution is 2.41. The van der Waals surface area contributed by atoms with E-state index < -0.39 is 0 Å². The van der Waals surface area contributed by atoms with E-state index in [1.54, 1.807) is 0 Å². The first-order valence-electron chi connectivity index (χ1n) is 6.69. The van der Waals surface area contributed by atoms with Crippen molar-refractivity contribution in [1.29, 1.82) is 0 Å². The van der Waals surface area contributed by atoms with Crippen molar-refractivity contribution in [3.63, 3.8) is 0 Å². The summed E-state index contributed by atoms with van der Waals surface area (Å²) in [5.74, 6) is 1.75. The first kappa shape index (κ1) is 12.7. The van der Waals surface area contributed by atoms with Crippen molar-refractivity contribution in [1.82, 2.24) is 4.90 Å². The molecular formula is C15H25NO. The Hall–Kier alpha value is -0.760. The molecule has 2 nitrogen and oxygen atoms in total. The molecule has 1 saturated heterocycles. The van der Waals surface area contributed by atoms with Gasteiger partial charge in [0.25, 0.3) is 0 Å². The van der Waals surface area contributed by atoms with E-state index in [9.17, 15) is 0 Å². The number of ether oxygens (including phenoxy) is 1. The molecule has 0 N–H and O–H groups in total. The topological polar surface area (TPSA) is 12.5 Å². The fraction of sp³-hybridized carbons (Fsp3) is 0.733. The summed E-state index contributed by atoms with van der Waals surface area (Å²) >= 11 is 0. The quantitative estimate of drug-likeness (QED) is 0.727. The molecule has 0 spiro atoms. The summed E-state index contributed by atoms with van der Waals surface area (Å²) in [5.41, 5.74) is 1.44. The highest BCUT2D eigenvalue weighted by Gasteiger charge is 2.41. The zero-order chi connectivity index (χ0) is 12.6. The second-order valence-corrected chi connectivity index (χ2v) is 6.10. The van der Waals surface area contributed by atoms with Gasteiger partial charge in [0.1, 0.15) is 11.4 Å². The van der Waals surface area contributed by atoms with E-state index in [2.05, 4.69) is 51.8 Å². The first-order chi connectivity index (χ1) is 7.93. The maximum atomic E-state index is 6.14. The van der Waals surface area contributed by atoms with Gasteiger partial charge < -0.3 is 9.64 Å². The van der Waals surface area contributed by atoms with Crippen LogP contribution in [0.5, 0.6) is 0 Å². The lowest BCUT2D eigenvalue weighted by atomic mass is 9.78. The van der Waals surface area contributed by atoms with E-state index in [0.717, 1.165) is 19.4 Å². The highest BCUT2D eigenvalue weighted by molar-refractivity contribution is 5.25. The van der Waals surface area contributed by atoms with Crippen LogP contribution >= 0.6 is 0 Å². The van der Waals surface area contributed by atoms with Crippen LogP contribution in [0.15, 0.2) is 23.5 Å². The number of rotatable bonds is 2. The number of nitrogens with zero attached hydrogens (tertiary/aromatic N) is 1. The lowest BCUT2D eigenvalue weighted by Gasteiger charge is -2.47. The van der Waals surface area contributed by atoms with E-state index in [-0.39, 0.29) is 5.60 Å². The summed E-state index contributed by atoms with van der Waals surface area (Å²) in [6.07, 6.45) is 6.65. The largest absolute Gasteiger partial charge is 0.492 e. The van der Waals surface area contributed by atoms with Crippen molar-refractivity contribution >= 4 is 0 Å². The molecule has 1 fully saturated rings. The molecule has 0 amide bonds. The molecule has 0 bridgehead atoms. The van der Waals surface area contributed by atoms with Gasteiger partial charge in [-0.15, -0.1) is 0 Å². The fourth-order valence-corrected chi connectivity index (χ4v) is 3.00. The summed E-state index contributed by atoms with van der Waals surface area (Å²) in [5, 5.41) is 0. The molecular weight excluding hydrogens is 210 g/mol. The third-order valence-electron chi connectivity index (χ3n) is 4.06. The second-order valence-electron chi connectivity index (χ2n) is 6.10. The minimum atomic E-state index is -0.0322. The molecule has 0 saturated carbocycles. The van der Waals surface area contributed by atoms with Crippen molar-refractivity contribution in [2.75, 3.05) is 13.6 Å². The van der Waals surface area contributed by atoms with E-state index in [1.165, 1.54) is 11.3 Å².